The van der Waals surface area contributed by atoms with Crippen LogP contribution in [0, 0.1) is 0 Å². The summed E-state index contributed by atoms with van der Waals surface area (Å²) in [6.45, 7) is 5.78. The highest BCUT2D eigenvalue weighted by Crippen LogP contribution is 2.26. The largest absolute Gasteiger partial charge is 0.454 e. The predicted molar refractivity (Wildman–Crippen MR) is 333 cm³/mol. The molecule has 0 radical (unpaired) electrons. The standard InChI is InChI=1S/C69H125NO10/c1-4-7-10-13-16-19-22-25-27-29-31-33-34-36-38-41-44-47-50-53-56-62(73)68(77)70-60(61(72)55-52-49-46-43-40-24-21-18-15-12-9-6-3)59-78-69-67(66(76)65(75)63(58-71)79-69)80-64(74)57-54-51-48-45-42-39-37-35-32-30-28-26-23-20-17-14-11-8-5-2/h16,19,25-28,31,33,52,55,60-63,65-67,69,71-73,75-76H,4-15,17-18,20-24,29-30,32,34-51,53-54,56-59H2,1-3H3,(H,70,77)/b19-16-,27-25-,28-26+,33-31-,55-52+. The van der Waals surface area contributed by atoms with E-state index in [0.29, 0.717) is 12.8 Å². The van der Waals surface area contributed by atoms with E-state index in [-0.39, 0.29) is 19.4 Å². The first kappa shape index (κ1) is 75.4. The molecule has 0 saturated carbocycles. The van der Waals surface area contributed by atoms with Gasteiger partial charge in [0.05, 0.1) is 25.4 Å². The molecule has 0 spiro atoms. The van der Waals surface area contributed by atoms with Crippen LogP contribution < -0.4 is 5.32 Å². The molecule has 11 nitrogen and oxygen atoms in total. The van der Waals surface area contributed by atoms with Gasteiger partial charge in [-0.15, -0.1) is 0 Å². The normalized spacial score (nSPS) is 19.1. The molecule has 11 heteroatoms. The second-order valence-corrected chi connectivity index (χ2v) is 23.2. The summed E-state index contributed by atoms with van der Waals surface area (Å²) in [5, 5.41) is 57.1. The molecule has 1 aliphatic rings. The van der Waals surface area contributed by atoms with E-state index in [1.807, 2.05) is 6.08 Å². The first-order valence-electron chi connectivity index (χ1n) is 33.6. The SMILES string of the molecule is CCCCC/C=C\C/C=C\C/C=C\CCCCCCCCCC(O)C(=O)NC(COC1OC(CO)C(O)C(O)C1OC(=O)CCCCCCCCCCC/C=C/CCCCCCCC)C(O)/C=C/CCCCCCCCCCCC. The number of carbonyl (C=O) groups excluding carboxylic acids is 2. The highest BCUT2D eigenvalue weighted by molar-refractivity contribution is 5.80. The molecule has 1 saturated heterocycles. The highest BCUT2D eigenvalue weighted by Gasteiger charge is 2.47. The zero-order chi connectivity index (χ0) is 58.2. The quantitative estimate of drug-likeness (QED) is 0.0195. The average molecular weight is 1130 g/mol. The summed E-state index contributed by atoms with van der Waals surface area (Å²) in [6, 6.07) is -1.03. The Bertz CT molecular complexity index is 1530. The lowest BCUT2D eigenvalue weighted by molar-refractivity contribution is -0.305. The number of carbonyl (C=O) groups is 2. The second kappa shape index (κ2) is 56.8. The van der Waals surface area contributed by atoms with Gasteiger partial charge in [-0.05, 0) is 89.9 Å². The number of allylic oxidation sites excluding steroid dienone is 9. The lowest BCUT2D eigenvalue weighted by Gasteiger charge is -2.41. The Morgan fingerprint density at radius 3 is 1.32 bits per heavy atom. The summed E-state index contributed by atoms with van der Waals surface area (Å²) in [5.41, 5.74) is 0. The van der Waals surface area contributed by atoms with Crippen LogP contribution in [0.25, 0.3) is 0 Å². The summed E-state index contributed by atoms with van der Waals surface area (Å²) >= 11 is 0. The topological polar surface area (TPSA) is 175 Å². The average Bonchev–Trinajstić information content (AvgIpc) is 3.45. The van der Waals surface area contributed by atoms with E-state index in [1.165, 1.54) is 173 Å². The molecule has 6 N–H and O–H groups in total. The minimum Gasteiger partial charge on any atom is -0.454 e. The molecule has 0 aliphatic carbocycles. The number of amides is 1. The third kappa shape index (κ3) is 44.0. The minimum absolute atomic E-state index is 0.120. The third-order valence-electron chi connectivity index (χ3n) is 15.6. The van der Waals surface area contributed by atoms with E-state index in [4.69, 9.17) is 14.2 Å². The summed E-state index contributed by atoms with van der Waals surface area (Å²) in [5.74, 6) is -1.20. The van der Waals surface area contributed by atoms with Gasteiger partial charge in [0, 0.05) is 6.42 Å². The van der Waals surface area contributed by atoms with Gasteiger partial charge in [0.2, 0.25) is 5.91 Å². The molecule has 0 aromatic carbocycles. The van der Waals surface area contributed by atoms with Crippen molar-refractivity contribution < 1.29 is 49.3 Å². The zero-order valence-electron chi connectivity index (χ0n) is 51.7. The lowest BCUT2D eigenvalue weighted by atomic mass is 9.99. The Hall–Kier alpha value is -2.64. The Morgan fingerprint density at radius 1 is 0.487 bits per heavy atom. The molecule has 80 heavy (non-hydrogen) atoms. The number of aliphatic hydroxyl groups is 5. The Labute approximate surface area is 490 Å². The fourth-order valence-electron chi connectivity index (χ4n) is 10.3. The smallest absolute Gasteiger partial charge is 0.306 e. The Morgan fingerprint density at radius 2 is 0.863 bits per heavy atom. The van der Waals surface area contributed by atoms with Crippen molar-refractivity contribution in [3.05, 3.63) is 60.8 Å². The molecule has 0 bridgehead atoms. The number of rotatable bonds is 57. The van der Waals surface area contributed by atoms with Crippen LogP contribution in [-0.4, -0.2) is 99.6 Å². The first-order chi connectivity index (χ1) is 39.2. The third-order valence-corrected chi connectivity index (χ3v) is 15.6. The molecule has 0 aromatic heterocycles. The van der Waals surface area contributed by atoms with Crippen LogP contribution in [0.2, 0.25) is 0 Å². The van der Waals surface area contributed by atoms with Crippen molar-refractivity contribution in [2.24, 2.45) is 0 Å². The number of hydrogen-bond donors (Lipinski definition) is 6. The Kier molecular flexibility index (Phi) is 53.5. The van der Waals surface area contributed by atoms with E-state index in [9.17, 15) is 35.1 Å². The number of hydrogen-bond acceptors (Lipinski definition) is 10. The molecule has 8 unspecified atom stereocenters. The maximum atomic E-state index is 13.5. The van der Waals surface area contributed by atoms with Gasteiger partial charge in [-0.25, -0.2) is 0 Å². The van der Waals surface area contributed by atoms with Crippen LogP contribution in [0.5, 0.6) is 0 Å². The van der Waals surface area contributed by atoms with Crippen LogP contribution in [-0.2, 0) is 23.8 Å². The molecular weight excluding hydrogens is 1000 g/mol. The fourth-order valence-corrected chi connectivity index (χ4v) is 10.3. The van der Waals surface area contributed by atoms with E-state index < -0.39 is 67.4 Å². The molecule has 1 heterocycles. The van der Waals surface area contributed by atoms with Gasteiger partial charge in [0.1, 0.15) is 24.4 Å². The van der Waals surface area contributed by atoms with E-state index in [0.717, 1.165) is 83.5 Å². The zero-order valence-corrected chi connectivity index (χ0v) is 51.7. The number of esters is 1. The van der Waals surface area contributed by atoms with Crippen LogP contribution in [0.4, 0.5) is 0 Å². The molecule has 8 atom stereocenters. The van der Waals surface area contributed by atoms with E-state index in [1.54, 1.807) is 6.08 Å². The molecule has 0 aromatic rings. The van der Waals surface area contributed by atoms with Gasteiger partial charge in [-0.2, -0.15) is 0 Å². The van der Waals surface area contributed by atoms with Gasteiger partial charge in [0.25, 0.3) is 0 Å². The monoisotopic (exact) mass is 1130 g/mol. The molecular formula is C69H125NO10. The summed E-state index contributed by atoms with van der Waals surface area (Å²) < 4.78 is 17.7. The lowest BCUT2D eigenvalue weighted by Crippen LogP contribution is -2.61. The van der Waals surface area contributed by atoms with Gasteiger partial charge in [-0.1, -0.05) is 268 Å². The highest BCUT2D eigenvalue weighted by atomic mass is 16.7. The van der Waals surface area contributed by atoms with Gasteiger partial charge in [0.15, 0.2) is 12.4 Å². The molecule has 1 rings (SSSR count). The van der Waals surface area contributed by atoms with Crippen molar-refractivity contribution in [3.8, 4) is 0 Å². The number of nitrogens with one attached hydrogen (secondary N) is 1. The van der Waals surface area contributed by atoms with E-state index >= 15 is 0 Å². The molecule has 1 amide bonds. The fraction of sp³-hybridized carbons (Fsp3) is 0.826. The maximum absolute atomic E-state index is 13.5. The summed E-state index contributed by atoms with van der Waals surface area (Å²) in [7, 11) is 0. The van der Waals surface area contributed by atoms with Crippen molar-refractivity contribution in [1.29, 1.82) is 0 Å². The number of aliphatic hydroxyl groups excluding tert-OH is 5. The predicted octanol–water partition coefficient (Wildman–Crippen LogP) is 16.6. The van der Waals surface area contributed by atoms with Crippen molar-refractivity contribution >= 4 is 11.9 Å². The van der Waals surface area contributed by atoms with Crippen LogP contribution >= 0.6 is 0 Å². The van der Waals surface area contributed by atoms with Crippen molar-refractivity contribution in [1.82, 2.24) is 5.32 Å². The molecule has 1 aliphatic heterocycles. The van der Waals surface area contributed by atoms with Crippen LogP contribution in [0.15, 0.2) is 60.8 Å². The van der Waals surface area contributed by atoms with Crippen LogP contribution in [0.3, 0.4) is 0 Å². The van der Waals surface area contributed by atoms with Gasteiger partial charge < -0.3 is 45.1 Å². The molecule has 1 fully saturated rings. The molecule has 466 valence electrons. The summed E-state index contributed by atoms with van der Waals surface area (Å²) in [6.07, 6.45) is 61.1. The Balaban J connectivity index is 2.64. The second-order valence-electron chi connectivity index (χ2n) is 23.2. The van der Waals surface area contributed by atoms with Gasteiger partial charge in [-0.3, -0.25) is 9.59 Å². The maximum Gasteiger partial charge on any atom is 0.306 e. The minimum atomic E-state index is -1.62. The van der Waals surface area contributed by atoms with Crippen molar-refractivity contribution in [2.45, 2.75) is 352 Å². The number of unbranched alkanes of at least 4 members (excludes halogenated alkanes) is 35. The number of ether oxygens (including phenoxy) is 3. The van der Waals surface area contributed by atoms with Gasteiger partial charge >= 0.3 is 5.97 Å². The summed E-state index contributed by atoms with van der Waals surface area (Å²) in [4.78, 5) is 26.6. The van der Waals surface area contributed by atoms with Crippen molar-refractivity contribution in [2.75, 3.05) is 13.2 Å². The first-order valence-corrected chi connectivity index (χ1v) is 33.6. The van der Waals surface area contributed by atoms with Crippen LogP contribution in [0.1, 0.15) is 303 Å². The van der Waals surface area contributed by atoms with Crippen molar-refractivity contribution in [3.63, 3.8) is 0 Å². The van der Waals surface area contributed by atoms with E-state index in [2.05, 4.69) is 74.7 Å².